The fraction of sp³-hybridized carbons (Fsp3) is 0.882. The van der Waals surface area contributed by atoms with Crippen molar-refractivity contribution in [3.63, 3.8) is 0 Å². The van der Waals surface area contributed by atoms with Gasteiger partial charge >= 0.3 is 0 Å². The Labute approximate surface area is 128 Å². The number of morpholine rings is 1. The molecular weight excluding hydrogens is 266 g/mol. The number of nitrogens with zero attached hydrogens (tertiary/aromatic N) is 1. The summed E-state index contributed by atoms with van der Waals surface area (Å²) < 4.78 is 11.6. The molecule has 4 nitrogen and oxygen atoms in total. The molecule has 1 saturated carbocycles. The zero-order valence-electron chi connectivity index (χ0n) is 13.4. The highest BCUT2D eigenvalue weighted by molar-refractivity contribution is 5.09. The quantitative estimate of drug-likeness (QED) is 0.786. The molecule has 21 heavy (non-hydrogen) atoms. The minimum absolute atomic E-state index is 0.220. The van der Waals surface area contributed by atoms with Gasteiger partial charge < -0.3 is 14.6 Å². The Hall–Kier alpha value is -0.600. The van der Waals surface area contributed by atoms with Gasteiger partial charge in [0, 0.05) is 19.6 Å². The van der Waals surface area contributed by atoms with Crippen molar-refractivity contribution in [2.24, 2.45) is 0 Å². The molecule has 1 aliphatic carbocycles. The first-order valence-electron chi connectivity index (χ1n) is 8.20. The van der Waals surface area contributed by atoms with Crippen LogP contribution >= 0.6 is 0 Å². The van der Waals surface area contributed by atoms with Gasteiger partial charge in [-0.25, -0.2) is 0 Å². The monoisotopic (exact) mass is 295 g/mol. The largest absolute Gasteiger partial charge is 0.389 e. The van der Waals surface area contributed by atoms with Crippen molar-refractivity contribution < 1.29 is 14.6 Å². The molecule has 1 N–H and O–H groups in total. The molecule has 0 aromatic carbocycles. The molecule has 0 spiro atoms. The number of terminal acetylenes is 1. The van der Waals surface area contributed by atoms with Crippen molar-refractivity contribution in [2.45, 2.75) is 69.9 Å². The molecule has 0 aromatic heterocycles. The third kappa shape index (κ3) is 4.96. The standard InChI is InChI=1S/C17H29NO3/c1-4-17(8-6-5-7-9-17)20-13-16(19)12-18-10-14(2)21-15(3)11-18/h1,14-16,19H,5-13H2,2-3H3/t14-,15-,16+/m0/s1. The van der Waals surface area contributed by atoms with E-state index in [0.717, 1.165) is 38.8 Å². The topological polar surface area (TPSA) is 41.9 Å². The number of rotatable bonds is 5. The molecule has 4 heteroatoms. The molecule has 0 unspecified atom stereocenters. The SMILES string of the molecule is C#CC1(OC[C@H](O)CN2C[C@H](C)O[C@@H](C)C2)CCCCC1. The van der Waals surface area contributed by atoms with E-state index in [0.29, 0.717) is 13.2 Å². The lowest BCUT2D eigenvalue weighted by atomic mass is 9.85. The van der Waals surface area contributed by atoms with E-state index in [1.807, 2.05) is 0 Å². The third-order valence-electron chi connectivity index (χ3n) is 4.44. The highest BCUT2D eigenvalue weighted by Crippen LogP contribution is 2.31. The number of hydrogen-bond acceptors (Lipinski definition) is 4. The fourth-order valence-electron chi connectivity index (χ4n) is 3.49. The van der Waals surface area contributed by atoms with Gasteiger partial charge in [0.2, 0.25) is 0 Å². The van der Waals surface area contributed by atoms with Crippen LogP contribution in [0.3, 0.4) is 0 Å². The van der Waals surface area contributed by atoms with Gasteiger partial charge in [0.1, 0.15) is 5.60 Å². The van der Waals surface area contributed by atoms with Crippen LogP contribution in [-0.4, -0.2) is 60.2 Å². The van der Waals surface area contributed by atoms with Gasteiger partial charge in [0.05, 0.1) is 24.9 Å². The predicted molar refractivity (Wildman–Crippen MR) is 83.1 cm³/mol. The van der Waals surface area contributed by atoms with Crippen molar-refractivity contribution in [2.75, 3.05) is 26.2 Å². The molecule has 0 bridgehead atoms. The van der Waals surface area contributed by atoms with E-state index in [1.165, 1.54) is 6.42 Å². The number of ether oxygens (including phenoxy) is 2. The van der Waals surface area contributed by atoms with Crippen LogP contribution in [0.1, 0.15) is 46.0 Å². The van der Waals surface area contributed by atoms with Gasteiger partial charge in [0.25, 0.3) is 0 Å². The summed E-state index contributed by atoms with van der Waals surface area (Å²) in [5.74, 6) is 2.82. The Balaban J connectivity index is 1.76. The van der Waals surface area contributed by atoms with E-state index in [4.69, 9.17) is 15.9 Å². The summed E-state index contributed by atoms with van der Waals surface area (Å²) in [4.78, 5) is 2.25. The second-order valence-electron chi connectivity index (χ2n) is 6.64. The molecule has 3 atom stereocenters. The first-order valence-corrected chi connectivity index (χ1v) is 8.20. The Kier molecular flexibility index (Phi) is 6.07. The summed E-state index contributed by atoms with van der Waals surface area (Å²) in [7, 11) is 0. The number of aliphatic hydroxyl groups is 1. The summed E-state index contributed by atoms with van der Waals surface area (Å²) >= 11 is 0. The van der Waals surface area contributed by atoms with E-state index in [-0.39, 0.29) is 12.2 Å². The Bertz CT molecular complexity index is 350. The van der Waals surface area contributed by atoms with Gasteiger partial charge in [-0.2, -0.15) is 0 Å². The molecule has 1 saturated heterocycles. The average molecular weight is 295 g/mol. The molecule has 0 aromatic rings. The summed E-state index contributed by atoms with van der Waals surface area (Å²) in [6, 6.07) is 0. The smallest absolute Gasteiger partial charge is 0.128 e. The molecular formula is C17H29NO3. The lowest BCUT2D eigenvalue weighted by Gasteiger charge is -2.37. The number of aliphatic hydroxyl groups excluding tert-OH is 1. The molecule has 2 fully saturated rings. The van der Waals surface area contributed by atoms with E-state index in [1.54, 1.807) is 0 Å². The summed E-state index contributed by atoms with van der Waals surface area (Å²) in [5, 5.41) is 10.2. The van der Waals surface area contributed by atoms with Crippen LogP contribution in [0.4, 0.5) is 0 Å². The normalized spacial score (nSPS) is 31.5. The van der Waals surface area contributed by atoms with Gasteiger partial charge in [-0.15, -0.1) is 6.42 Å². The van der Waals surface area contributed by atoms with Crippen molar-refractivity contribution in [1.29, 1.82) is 0 Å². The third-order valence-corrected chi connectivity index (χ3v) is 4.44. The first kappa shape index (κ1) is 16.8. The molecule has 1 heterocycles. The maximum atomic E-state index is 10.2. The van der Waals surface area contributed by atoms with E-state index in [2.05, 4.69) is 24.7 Å². The van der Waals surface area contributed by atoms with Crippen LogP contribution in [0.15, 0.2) is 0 Å². The number of β-amino-alcohol motifs (C(OH)–C–C–N with tert-alkyl or cyclic N) is 1. The molecule has 1 aliphatic heterocycles. The highest BCUT2D eigenvalue weighted by atomic mass is 16.5. The number of hydrogen-bond donors (Lipinski definition) is 1. The van der Waals surface area contributed by atoms with E-state index in [9.17, 15) is 5.11 Å². The Morgan fingerprint density at radius 2 is 1.90 bits per heavy atom. The predicted octanol–water partition coefficient (Wildman–Crippen LogP) is 1.81. The minimum Gasteiger partial charge on any atom is -0.389 e. The molecule has 0 radical (unpaired) electrons. The van der Waals surface area contributed by atoms with Crippen LogP contribution in [0, 0.1) is 12.3 Å². The molecule has 2 aliphatic rings. The summed E-state index contributed by atoms with van der Waals surface area (Å²) in [5.41, 5.74) is -0.440. The maximum Gasteiger partial charge on any atom is 0.128 e. The fourth-order valence-corrected chi connectivity index (χ4v) is 3.49. The van der Waals surface area contributed by atoms with Crippen molar-refractivity contribution in [3.05, 3.63) is 0 Å². The maximum absolute atomic E-state index is 10.2. The van der Waals surface area contributed by atoms with Gasteiger partial charge in [0.15, 0.2) is 0 Å². The van der Waals surface area contributed by atoms with Crippen molar-refractivity contribution in [3.8, 4) is 12.3 Å². The van der Waals surface area contributed by atoms with Crippen molar-refractivity contribution >= 4 is 0 Å². The summed E-state index contributed by atoms with van der Waals surface area (Å²) in [6.45, 7) is 6.81. The van der Waals surface area contributed by atoms with Gasteiger partial charge in [-0.3, -0.25) is 4.90 Å². The lowest BCUT2D eigenvalue weighted by Crippen LogP contribution is -2.49. The zero-order valence-corrected chi connectivity index (χ0v) is 13.4. The van der Waals surface area contributed by atoms with Crippen LogP contribution in [-0.2, 0) is 9.47 Å². The highest BCUT2D eigenvalue weighted by Gasteiger charge is 2.32. The molecule has 0 amide bonds. The van der Waals surface area contributed by atoms with Crippen LogP contribution in [0.5, 0.6) is 0 Å². The molecule has 2 rings (SSSR count). The minimum atomic E-state index is -0.491. The Morgan fingerprint density at radius 1 is 1.29 bits per heavy atom. The van der Waals surface area contributed by atoms with Crippen LogP contribution in [0.25, 0.3) is 0 Å². The second-order valence-corrected chi connectivity index (χ2v) is 6.64. The van der Waals surface area contributed by atoms with Crippen LogP contribution < -0.4 is 0 Å². The summed E-state index contributed by atoms with van der Waals surface area (Å²) in [6.07, 6.45) is 10.9. The van der Waals surface area contributed by atoms with Gasteiger partial charge in [-0.05, 0) is 39.5 Å². The van der Waals surface area contributed by atoms with Crippen LogP contribution in [0.2, 0.25) is 0 Å². The van der Waals surface area contributed by atoms with Crippen molar-refractivity contribution in [1.82, 2.24) is 4.90 Å². The second kappa shape index (κ2) is 7.60. The van der Waals surface area contributed by atoms with E-state index < -0.39 is 11.7 Å². The van der Waals surface area contributed by atoms with Gasteiger partial charge in [-0.1, -0.05) is 12.3 Å². The first-order chi connectivity index (χ1) is 10.0. The lowest BCUT2D eigenvalue weighted by molar-refractivity contribution is -0.0969. The van der Waals surface area contributed by atoms with E-state index >= 15 is 0 Å². The average Bonchev–Trinajstić information content (AvgIpc) is 2.45. The zero-order chi connectivity index (χ0) is 15.3. The Morgan fingerprint density at radius 3 is 2.48 bits per heavy atom. The molecule has 120 valence electrons.